The van der Waals surface area contributed by atoms with Crippen LogP contribution in [0, 0.1) is 0 Å². The molecule has 0 radical (unpaired) electrons. The molecule has 2 aromatic rings. The molecule has 0 spiro atoms. The van der Waals surface area contributed by atoms with Crippen LogP contribution in [0.5, 0.6) is 0 Å². The van der Waals surface area contributed by atoms with Crippen molar-refractivity contribution >= 4 is 0 Å². The van der Waals surface area contributed by atoms with Crippen LogP contribution in [0.1, 0.15) is 22.7 Å². The van der Waals surface area contributed by atoms with E-state index in [0.29, 0.717) is 0 Å². The highest BCUT2D eigenvalue weighted by Gasteiger charge is 2.26. The molecule has 1 aliphatic heterocycles. The predicted molar refractivity (Wildman–Crippen MR) is 75.8 cm³/mol. The minimum Gasteiger partial charge on any atom is -0.394 e. The number of hydrogen-bond acceptors (Lipinski definition) is 2. The summed E-state index contributed by atoms with van der Waals surface area (Å²) in [6.45, 7) is 2.10. The zero-order valence-corrected chi connectivity index (χ0v) is 11.3. The number of aryl methyl sites for hydroxylation is 1. The summed E-state index contributed by atoms with van der Waals surface area (Å²) < 4.78 is 2.07. The molecule has 0 saturated heterocycles. The lowest BCUT2D eigenvalue weighted by atomic mass is 9.93. The molecule has 1 aromatic carbocycles. The number of nitrogens with zero attached hydrogens (tertiary/aromatic N) is 2. The van der Waals surface area contributed by atoms with E-state index < -0.39 is 0 Å². The third-order valence-electron chi connectivity index (χ3n) is 3.98. The van der Waals surface area contributed by atoms with Crippen LogP contribution in [-0.4, -0.2) is 27.7 Å². The molecular formula is C16H20N2O. The maximum Gasteiger partial charge on any atom is 0.0628 e. The van der Waals surface area contributed by atoms with Crippen molar-refractivity contribution < 1.29 is 5.11 Å². The van der Waals surface area contributed by atoms with Crippen LogP contribution in [0.2, 0.25) is 0 Å². The van der Waals surface area contributed by atoms with Gasteiger partial charge in [-0.25, -0.2) is 0 Å². The molecule has 0 fully saturated rings. The van der Waals surface area contributed by atoms with Gasteiger partial charge in [0, 0.05) is 32.5 Å². The third kappa shape index (κ3) is 2.44. The van der Waals surface area contributed by atoms with Crippen LogP contribution >= 0.6 is 0 Å². The van der Waals surface area contributed by atoms with E-state index in [1.165, 1.54) is 16.7 Å². The third-order valence-corrected chi connectivity index (χ3v) is 3.98. The minimum atomic E-state index is 0.130. The maximum atomic E-state index is 9.74. The van der Waals surface area contributed by atoms with Crippen molar-refractivity contribution in [3.8, 4) is 0 Å². The van der Waals surface area contributed by atoms with E-state index in [1.807, 2.05) is 7.05 Å². The number of hydrogen-bond donors (Lipinski definition) is 1. The first-order valence-electron chi connectivity index (χ1n) is 6.81. The fraction of sp³-hybridized carbons (Fsp3) is 0.375. The Morgan fingerprint density at radius 1 is 1.26 bits per heavy atom. The first-order chi connectivity index (χ1) is 9.28. The van der Waals surface area contributed by atoms with Crippen molar-refractivity contribution in [3.63, 3.8) is 0 Å². The van der Waals surface area contributed by atoms with Gasteiger partial charge in [-0.3, -0.25) is 4.90 Å². The van der Waals surface area contributed by atoms with Crippen LogP contribution < -0.4 is 0 Å². The van der Waals surface area contributed by atoms with Crippen molar-refractivity contribution in [1.29, 1.82) is 0 Å². The topological polar surface area (TPSA) is 28.4 Å². The summed E-state index contributed by atoms with van der Waals surface area (Å²) in [5.41, 5.74) is 3.97. The summed E-state index contributed by atoms with van der Waals surface area (Å²) in [7, 11) is 2.04. The van der Waals surface area contributed by atoms with Crippen molar-refractivity contribution in [2.75, 3.05) is 13.2 Å². The quantitative estimate of drug-likeness (QED) is 0.911. The lowest BCUT2D eigenvalue weighted by Crippen LogP contribution is -2.36. The van der Waals surface area contributed by atoms with Crippen molar-refractivity contribution in [2.24, 2.45) is 7.05 Å². The highest BCUT2D eigenvalue weighted by atomic mass is 16.3. The van der Waals surface area contributed by atoms with E-state index in [9.17, 15) is 5.11 Å². The largest absolute Gasteiger partial charge is 0.394 e. The molecule has 3 rings (SSSR count). The van der Waals surface area contributed by atoms with Gasteiger partial charge < -0.3 is 9.67 Å². The molecule has 3 heteroatoms. The molecule has 0 bridgehead atoms. The van der Waals surface area contributed by atoms with Gasteiger partial charge >= 0.3 is 0 Å². The van der Waals surface area contributed by atoms with Gasteiger partial charge in [-0.15, -0.1) is 0 Å². The smallest absolute Gasteiger partial charge is 0.0628 e. The average Bonchev–Trinajstić information content (AvgIpc) is 2.84. The Morgan fingerprint density at radius 2 is 2.11 bits per heavy atom. The van der Waals surface area contributed by atoms with Crippen molar-refractivity contribution in [3.05, 3.63) is 59.4 Å². The molecular weight excluding hydrogens is 236 g/mol. The van der Waals surface area contributed by atoms with Gasteiger partial charge in [-0.2, -0.15) is 0 Å². The molecule has 1 atom stereocenters. The fourth-order valence-electron chi connectivity index (χ4n) is 3.00. The Labute approximate surface area is 114 Å². The predicted octanol–water partition coefficient (Wildman–Crippen LogP) is 2.12. The number of aliphatic hydroxyl groups excluding tert-OH is 1. The molecule has 1 unspecified atom stereocenters. The van der Waals surface area contributed by atoms with Crippen LogP contribution in [0.25, 0.3) is 0 Å². The lowest BCUT2D eigenvalue weighted by Gasteiger charge is -2.36. The second-order valence-corrected chi connectivity index (χ2v) is 5.30. The Balaban J connectivity index is 1.84. The molecule has 0 saturated carbocycles. The van der Waals surface area contributed by atoms with Gasteiger partial charge in [0.05, 0.1) is 12.6 Å². The summed E-state index contributed by atoms with van der Waals surface area (Å²) in [6.07, 6.45) is 5.29. The SMILES string of the molecule is Cn1ccc(CN2CCc3ccccc3C2CO)c1. The van der Waals surface area contributed by atoms with Crippen LogP contribution in [0.3, 0.4) is 0 Å². The van der Waals surface area contributed by atoms with E-state index >= 15 is 0 Å². The second kappa shape index (κ2) is 5.19. The molecule has 0 amide bonds. The number of benzene rings is 1. The average molecular weight is 256 g/mol. The van der Waals surface area contributed by atoms with Gasteiger partial charge in [0.15, 0.2) is 0 Å². The number of aliphatic hydroxyl groups is 1. The molecule has 19 heavy (non-hydrogen) atoms. The molecule has 100 valence electrons. The Hall–Kier alpha value is -1.58. The summed E-state index contributed by atoms with van der Waals surface area (Å²) in [5.74, 6) is 0. The number of fused-ring (bicyclic) bond motifs is 1. The lowest BCUT2D eigenvalue weighted by molar-refractivity contribution is 0.108. The molecule has 1 aliphatic rings. The first-order valence-corrected chi connectivity index (χ1v) is 6.81. The summed E-state index contributed by atoms with van der Waals surface area (Å²) in [5, 5.41) is 9.74. The van der Waals surface area contributed by atoms with Gasteiger partial charge in [-0.05, 0) is 29.2 Å². The van der Waals surface area contributed by atoms with Crippen molar-refractivity contribution in [2.45, 2.75) is 19.0 Å². The van der Waals surface area contributed by atoms with Gasteiger partial charge in [0.25, 0.3) is 0 Å². The van der Waals surface area contributed by atoms with Crippen LogP contribution in [0.15, 0.2) is 42.7 Å². The Morgan fingerprint density at radius 3 is 2.84 bits per heavy atom. The van der Waals surface area contributed by atoms with E-state index in [2.05, 4.69) is 52.2 Å². The highest BCUT2D eigenvalue weighted by molar-refractivity contribution is 5.32. The standard InChI is InChI=1S/C16H20N2O/c1-17-8-6-13(10-17)11-18-9-7-14-4-2-3-5-15(14)16(18)12-19/h2-6,8,10,16,19H,7,9,11-12H2,1H3. The summed E-state index contributed by atoms with van der Waals surface area (Å²) in [4.78, 5) is 2.37. The van der Waals surface area contributed by atoms with E-state index in [0.717, 1.165) is 19.5 Å². The van der Waals surface area contributed by atoms with E-state index in [1.54, 1.807) is 0 Å². The van der Waals surface area contributed by atoms with Gasteiger partial charge in [-0.1, -0.05) is 24.3 Å². The summed E-state index contributed by atoms with van der Waals surface area (Å²) in [6, 6.07) is 10.7. The number of rotatable bonds is 3. The Kier molecular flexibility index (Phi) is 3.40. The van der Waals surface area contributed by atoms with Crippen LogP contribution in [-0.2, 0) is 20.0 Å². The molecule has 0 aliphatic carbocycles. The normalized spacial score (nSPS) is 19.4. The molecule has 2 heterocycles. The molecule has 3 nitrogen and oxygen atoms in total. The van der Waals surface area contributed by atoms with Gasteiger partial charge in [0.2, 0.25) is 0 Å². The first kappa shape index (κ1) is 12.5. The van der Waals surface area contributed by atoms with Crippen molar-refractivity contribution in [1.82, 2.24) is 9.47 Å². The highest BCUT2D eigenvalue weighted by Crippen LogP contribution is 2.30. The fourth-order valence-corrected chi connectivity index (χ4v) is 3.00. The second-order valence-electron chi connectivity index (χ2n) is 5.30. The monoisotopic (exact) mass is 256 g/mol. The van der Waals surface area contributed by atoms with Gasteiger partial charge in [0.1, 0.15) is 0 Å². The molecule has 1 N–H and O–H groups in total. The maximum absolute atomic E-state index is 9.74. The molecule has 1 aromatic heterocycles. The van der Waals surface area contributed by atoms with E-state index in [-0.39, 0.29) is 12.6 Å². The zero-order chi connectivity index (χ0) is 13.2. The van der Waals surface area contributed by atoms with Crippen LogP contribution in [0.4, 0.5) is 0 Å². The number of aromatic nitrogens is 1. The Bertz CT molecular complexity index is 561. The summed E-state index contributed by atoms with van der Waals surface area (Å²) >= 11 is 0. The minimum absolute atomic E-state index is 0.130. The zero-order valence-electron chi connectivity index (χ0n) is 11.3. The van der Waals surface area contributed by atoms with E-state index in [4.69, 9.17) is 0 Å².